The molecule has 0 unspecified atom stereocenters. The SMILES string of the molecule is Nc1ncn(S(N)(=O)=O)n1. The van der Waals surface area contributed by atoms with E-state index in [2.05, 4.69) is 15.2 Å². The predicted octanol–water partition coefficient (Wildman–Crippen LogP) is -2.09. The van der Waals surface area contributed by atoms with E-state index in [9.17, 15) is 8.42 Å². The summed E-state index contributed by atoms with van der Waals surface area (Å²) in [4.78, 5) is 3.35. The molecule has 0 fully saturated rings. The maximum atomic E-state index is 10.4. The van der Waals surface area contributed by atoms with Crippen molar-refractivity contribution < 1.29 is 8.42 Å². The molecule has 0 amide bonds. The van der Waals surface area contributed by atoms with Gasteiger partial charge in [-0.1, -0.05) is 0 Å². The Labute approximate surface area is 56.8 Å². The van der Waals surface area contributed by atoms with Gasteiger partial charge < -0.3 is 5.73 Å². The van der Waals surface area contributed by atoms with Crippen LogP contribution in [0.2, 0.25) is 0 Å². The van der Waals surface area contributed by atoms with E-state index in [1.807, 2.05) is 0 Å². The van der Waals surface area contributed by atoms with E-state index in [4.69, 9.17) is 5.73 Å². The van der Waals surface area contributed by atoms with Crippen LogP contribution in [0.15, 0.2) is 6.33 Å². The molecule has 10 heavy (non-hydrogen) atoms. The number of rotatable bonds is 1. The van der Waals surface area contributed by atoms with Crippen LogP contribution < -0.4 is 10.9 Å². The molecular weight excluding hydrogens is 158 g/mol. The van der Waals surface area contributed by atoms with E-state index < -0.39 is 10.2 Å². The molecule has 1 heterocycles. The second-order valence-corrected chi connectivity index (χ2v) is 2.92. The highest BCUT2D eigenvalue weighted by atomic mass is 32.2. The number of nitrogen functional groups attached to an aromatic ring is 1. The fraction of sp³-hybridized carbons (Fsp3) is 0. The summed E-state index contributed by atoms with van der Waals surface area (Å²) in [7, 11) is -3.82. The number of nitrogens with two attached hydrogens (primary N) is 2. The van der Waals surface area contributed by atoms with E-state index in [-0.39, 0.29) is 5.95 Å². The van der Waals surface area contributed by atoms with Gasteiger partial charge in [-0.3, -0.25) is 0 Å². The van der Waals surface area contributed by atoms with Crippen molar-refractivity contribution in [2.75, 3.05) is 5.73 Å². The lowest BCUT2D eigenvalue weighted by Crippen LogP contribution is -2.22. The van der Waals surface area contributed by atoms with E-state index >= 15 is 0 Å². The minimum Gasteiger partial charge on any atom is -0.366 e. The average Bonchev–Trinajstić information content (AvgIpc) is 2.11. The van der Waals surface area contributed by atoms with Crippen LogP contribution >= 0.6 is 0 Å². The average molecular weight is 163 g/mol. The largest absolute Gasteiger partial charge is 0.366 e. The van der Waals surface area contributed by atoms with Gasteiger partial charge in [0, 0.05) is 0 Å². The van der Waals surface area contributed by atoms with Crippen LogP contribution in [0.4, 0.5) is 5.95 Å². The van der Waals surface area contributed by atoms with Gasteiger partial charge in [0.25, 0.3) is 0 Å². The van der Waals surface area contributed by atoms with Gasteiger partial charge in [-0.05, 0) is 0 Å². The summed E-state index contributed by atoms with van der Waals surface area (Å²) in [5.41, 5.74) is 5.01. The molecule has 0 aliphatic heterocycles. The number of nitrogens with zero attached hydrogens (tertiary/aromatic N) is 3. The Morgan fingerprint density at radius 2 is 2.20 bits per heavy atom. The van der Waals surface area contributed by atoms with Crippen molar-refractivity contribution in [3.05, 3.63) is 6.33 Å². The molecule has 0 saturated heterocycles. The third-order valence-corrected chi connectivity index (χ3v) is 1.45. The zero-order chi connectivity index (χ0) is 7.78. The van der Waals surface area contributed by atoms with Crippen molar-refractivity contribution in [2.24, 2.45) is 5.14 Å². The van der Waals surface area contributed by atoms with E-state index in [0.717, 1.165) is 6.33 Å². The van der Waals surface area contributed by atoms with Gasteiger partial charge in [0.2, 0.25) is 5.95 Å². The van der Waals surface area contributed by atoms with Crippen LogP contribution in [-0.4, -0.2) is 22.6 Å². The van der Waals surface area contributed by atoms with E-state index in [1.165, 1.54) is 0 Å². The highest BCUT2D eigenvalue weighted by Crippen LogP contribution is 1.89. The number of hydrogen-bond acceptors (Lipinski definition) is 5. The molecule has 8 heteroatoms. The second kappa shape index (κ2) is 1.92. The fourth-order valence-corrected chi connectivity index (χ4v) is 0.760. The van der Waals surface area contributed by atoms with Crippen molar-refractivity contribution >= 4 is 16.2 Å². The highest BCUT2D eigenvalue weighted by molar-refractivity contribution is 7.87. The topological polar surface area (TPSA) is 117 Å². The van der Waals surface area contributed by atoms with Gasteiger partial charge in [0.1, 0.15) is 6.33 Å². The molecular formula is C2H5N5O2S. The molecule has 1 aromatic heterocycles. The first-order valence-electron chi connectivity index (χ1n) is 2.20. The molecule has 0 aliphatic carbocycles. The fourth-order valence-electron chi connectivity index (χ4n) is 0.384. The summed E-state index contributed by atoms with van der Waals surface area (Å²) < 4.78 is 21.3. The van der Waals surface area contributed by atoms with Crippen LogP contribution in [0.3, 0.4) is 0 Å². The Hall–Kier alpha value is -1.15. The molecule has 0 aromatic carbocycles. The maximum absolute atomic E-state index is 10.4. The Morgan fingerprint density at radius 1 is 1.60 bits per heavy atom. The van der Waals surface area contributed by atoms with Gasteiger partial charge >= 0.3 is 10.2 Å². The van der Waals surface area contributed by atoms with Crippen LogP contribution in [0.25, 0.3) is 0 Å². The molecule has 0 radical (unpaired) electrons. The normalized spacial score (nSPS) is 11.7. The third kappa shape index (κ3) is 1.22. The summed E-state index contributed by atoms with van der Waals surface area (Å²) in [6.07, 6.45) is 0.921. The van der Waals surface area contributed by atoms with Crippen molar-refractivity contribution in [1.82, 2.24) is 14.2 Å². The van der Waals surface area contributed by atoms with Gasteiger partial charge in [0.15, 0.2) is 0 Å². The van der Waals surface area contributed by atoms with E-state index in [0.29, 0.717) is 4.09 Å². The molecule has 7 nitrogen and oxygen atoms in total. The zero-order valence-electron chi connectivity index (χ0n) is 4.80. The highest BCUT2D eigenvalue weighted by Gasteiger charge is 2.06. The smallest absolute Gasteiger partial charge is 0.319 e. The molecule has 0 spiro atoms. The van der Waals surface area contributed by atoms with E-state index in [1.54, 1.807) is 0 Å². The zero-order valence-corrected chi connectivity index (χ0v) is 5.61. The Kier molecular flexibility index (Phi) is 1.34. The molecule has 0 aliphatic rings. The molecule has 0 bridgehead atoms. The Bertz CT molecular complexity index is 325. The molecule has 0 atom stereocenters. The Morgan fingerprint density at radius 3 is 2.40 bits per heavy atom. The lowest BCUT2D eigenvalue weighted by molar-refractivity contribution is 0.582. The lowest BCUT2D eigenvalue weighted by atomic mass is 11.1. The second-order valence-electron chi connectivity index (χ2n) is 1.52. The van der Waals surface area contributed by atoms with Crippen molar-refractivity contribution in [3.63, 3.8) is 0 Å². The molecule has 1 rings (SSSR count). The van der Waals surface area contributed by atoms with Crippen LogP contribution in [0, 0.1) is 0 Å². The molecule has 1 aromatic rings. The maximum Gasteiger partial charge on any atom is 0.319 e. The van der Waals surface area contributed by atoms with Crippen LogP contribution in [0.5, 0.6) is 0 Å². The lowest BCUT2D eigenvalue weighted by Gasteiger charge is -1.90. The number of hydrogen-bond donors (Lipinski definition) is 2. The standard InChI is InChI=1S/C2H5N5O2S/c3-2-5-1-7(6-2)10(4,8)9/h1H,(H2,3,6)(H2,4,8,9). The summed E-state index contributed by atoms with van der Waals surface area (Å²) in [6.45, 7) is 0. The van der Waals surface area contributed by atoms with Crippen molar-refractivity contribution in [3.8, 4) is 0 Å². The van der Waals surface area contributed by atoms with Crippen molar-refractivity contribution in [1.29, 1.82) is 0 Å². The summed E-state index contributed by atoms with van der Waals surface area (Å²) >= 11 is 0. The van der Waals surface area contributed by atoms with Gasteiger partial charge in [0.05, 0.1) is 0 Å². The number of aromatic nitrogens is 3. The minimum absolute atomic E-state index is 0.131. The third-order valence-electron chi connectivity index (χ3n) is 0.751. The summed E-state index contributed by atoms with van der Waals surface area (Å²) in [5.74, 6) is -0.131. The van der Waals surface area contributed by atoms with Crippen molar-refractivity contribution in [2.45, 2.75) is 0 Å². The quantitative estimate of drug-likeness (QED) is 0.492. The minimum atomic E-state index is -3.82. The number of anilines is 1. The monoisotopic (exact) mass is 163 g/mol. The van der Waals surface area contributed by atoms with Gasteiger partial charge in [-0.25, -0.2) is 5.14 Å². The molecule has 4 N–H and O–H groups in total. The predicted molar refractivity (Wildman–Crippen MR) is 32.9 cm³/mol. The first-order chi connectivity index (χ1) is 4.50. The Balaban J connectivity index is 3.21. The molecule has 56 valence electrons. The first kappa shape index (κ1) is 6.96. The van der Waals surface area contributed by atoms with Gasteiger partial charge in [-0.2, -0.15) is 13.4 Å². The van der Waals surface area contributed by atoms with Gasteiger partial charge in [-0.15, -0.1) is 9.19 Å². The summed E-state index contributed by atoms with van der Waals surface area (Å²) in [6, 6.07) is 0. The summed E-state index contributed by atoms with van der Waals surface area (Å²) in [5, 5.41) is 7.90. The molecule has 0 saturated carbocycles. The first-order valence-corrected chi connectivity index (χ1v) is 3.71. The van der Waals surface area contributed by atoms with Crippen LogP contribution in [-0.2, 0) is 10.2 Å². The van der Waals surface area contributed by atoms with Crippen LogP contribution in [0.1, 0.15) is 0 Å².